The number of hydrazone groups is 1. The van der Waals surface area contributed by atoms with E-state index in [1.807, 2.05) is 18.2 Å². The molecule has 0 bridgehead atoms. The molecule has 2 N–H and O–H groups in total. The first-order valence-electron chi connectivity index (χ1n) is 8.38. The van der Waals surface area contributed by atoms with Crippen molar-refractivity contribution in [1.29, 1.82) is 0 Å². The fourth-order valence-corrected chi connectivity index (χ4v) is 3.80. The van der Waals surface area contributed by atoms with Gasteiger partial charge in [0.2, 0.25) is 0 Å². The lowest BCUT2D eigenvalue weighted by Crippen LogP contribution is -2.38. The molecule has 1 unspecified atom stereocenters. The average molecular weight is 360 g/mol. The third-order valence-corrected chi connectivity index (χ3v) is 5.29. The van der Waals surface area contributed by atoms with Gasteiger partial charge >= 0.3 is 6.03 Å². The van der Waals surface area contributed by atoms with Crippen molar-refractivity contribution in [2.45, 2.75) is 0 Å². The van der Waals surface area contributed by atoms with Crippen LogP contribution in [0, 0.1) is 5.92 Å². The first kappa shape index (κ1) is 16.5. The zero-order valence-corrected chi connectivity index (χ0v) is 14.6. The van der Waals surface area contributed by atoms with Gasteiger partial charge in [-0.3, -0.25) is 15.3 Å². The molecular formula is C16H20N6O2S. The normalized spacial score (nSPS) is 28.0. The Morgan fingerprint density at radius 1 is 1.40 bits per heavy atom. The minimum Gasteiger partial charge on any atom is -0.379 e. The maximum absolute atomic E-state index is 11.3. The lowest BCUT2D eigenvalue weighted by atomic mass is 9.96. The largest absolute Gasteiger partial charge is 0.379 e. The van der Waals surface area contributed by atoms with Crippen LogP contribution < -0.4 is 10.7 Å². The van der Waals surface area contributed by atoms with Gasteiger partial charge in [-0.2, -0.15) is 10.1 Å². The molecule has 0 aromatic heterocycles. The zero-order valence-electron chi connectivity index (χ0n) is 13.8. The second-order valence-corrected chi connectivity index (χ2v) is 7.00. The molecule has 132 valence electrons. The summed E-state index contributed by atoms with van der Waals surface area (Å²) < 4.78 is 5.35. The minimum atomic E-state index is -0.306. The van der Waals surface area contributed by atoms with Crippen molar-refractivity contribution >= 4 is 34.4 Å². The molecule has 1 fully saturated rings. The van der Waals surface area contributed by atoms with Crippen molar-refractivity contribution in [2.24, 2.45) is 21.0 Å². The quantitative estimate of drug-likeness (QED) is 0.766. The number of fused-ring (bicyclic) bond motifs is 1. The van der Waals surface area contributed by atoms with Crippen molar-refractivity contribution in [3.8, 4) is 0 Å². The van der Waals surface area contributed by atoms with E-state index in [9.17, 15) is 4.79 Å². The molecule has 0 spiro atoms. The number of urea groups is 1. The number of hydrogen-bond donors (Lipinski definition) is 2. The smallest absolute Gasteiger partial charge is 0.346 e. The number of thioether (sulfide) groups is 1. The second kappa shape index (κ2) is 7.51. The summed E-state index contributed by atoms with van der Waals surface area (Å²) in [5, 5.41) is 8.07. The molecule has 0 saturated carbocycles. The van der Waals surface area contributed by atoms with E-state index in [1.165, 1.54) is 0 Å². The monoisotopic (exact) mass is 360 g/mol. The van der Waals surface area contributed by atoms with E-state index in [0.717, 1.165) is 61.7 Å². The number of nitrogens with one attached hydrogen (secondary N) is 2. The minimum absolute atomic E-state index is 0.0715. The third kappa shape index (κ3) is 4.00. The Labute approximate surface area is 150 Å². The van der Waals surface area contributed by atoms with Crippen LogP contribution in [0.4, 0.5) is 4.79 Å². The van der Waals surface area contributed by atoms with Crippen LogP contribution in [-0.4, -0.2) is 72.7 Å². The third-order valence-electron chi connectivity index (χ3n) is 4.36. The number of ether oxygens (including phenoxy) is 1. The summed E-state index contributed by atoms with van der Waals surface area (Å²) in [4.78, 5) is 22.2. The van der Waals surface area contributed by atoms with Gasteiger partial charge < -0.3 is 10.1 Å². The van der Waals surface area contributed by atoms with Gasteiger partial charge in [-0.25, -0.2) is 4.79 Å². The fourth-order valence-electron chi connectivity index (χ4n) is 2.96. The first-order chi connectivity index (χ1) is 12.3. The Balaban J connectivity index is 1.30. The molecule has 4 rings (SSSR count). The molecule has 8 nitrogen and oxygen atoms in total. The van der Waals surface area contributed by atoms with Crippen molar-refractivity contribution in [1.82, 2.24) is 15.6 Å². The van der Waals surface area contributed by atoms with Crippen molar-refractivity contribution in [3.05, 3.63) is 23.9 Å². The van der Waals surface area contributed by atoms with Crippen LogP contribution in [-0.2, 0) is 4.74 Å². The van der Waals surface area contributed by atoms with Gasteiger partial charge in [0.05, 0.1) is 36.9 Å². The second-order valence-electron chi connectivity index (χ2n) is 6.04. The molecule has 1 saturated heterocycles. The predicted octanol–water partition coefficient (Wildman–Crippen LogP) is 0.601. The Hall–Kier alpha value is -1.97. The molecule has 1 aliphatic carbocycles. The number of rotatable bonds is 4. The highest BCUT2D eigenvalue weighted by molar-refractivity contribution is 8.14. The van der Waals surface area contributed by atoms with Crippen LogP contribution in [0.5, 0.6) is 0 Å². The molecule has 3 aliphatic heterocycles. The van der Waals surface area contributed by atoms with E-state index in [2.05, 4.69) is 30.7 Å². The summed E-state index contributed by atoms with van der Waals surface area (Å²) in [6.45, 7) is 5.31. The van der Waals surface area contributed by atoms with Gasteiger partial charge in [0.1, 0.15) is 0 Å². The maximum Gasteiger partial charge on any atom is 0.346 e. The molecule has 0 aromatic rings. The molecule has 25 heavy (non-hydrogen) atoms. The van der Waals surface area contributed by atoms with E-state index in [0.29, 0.717) is 5.71 Å². The number of amidine groups is 1. The molecular weight excluding hydrogens is 340 g/mol. The highest BCUT2D eigenvalue weighted by Crippen LogP contribution is 2.21. The number of nitrogens with zero attached hydrogens (tertiary/aromatic N) is 4. The number of allylic oxidation sites excluding steroid dienone is 3. The average Bonchev–Trinajstić information content (AvgIpc) is 3.02. The van der Waals surface area contributed by atoms with Gasteiger partial charge in [-0.1, -0.05) is 17.8 Å². The maximum atomic E-state index is 11.3. The molecule has 2 amide bonds. The Morgan fingerprint density at radius 2 is 2.28 bits per heavy atom. The van der Waals surface area contributed by atoms with E-state index in [1.54, 1.807) is 11.8 Å². The molecule has 0 aromatic carbocycles. The summed E-state index contributed by atoms with van der Waals surface area (Å²) in [7, 11) is 0. The van der Waals surface area contributed by atoms with Crippen LogP contribution in [0.15, 0.2) is 39.0 Å². The molecule has 4 aliphatic rings. The Kier molecular flexibility index (Phi) is 4.95. The number of morpholine rings is 1. The van der Waals surface area contributed by atoms with Gasteiger partial charge in [-0.15, -0.1) is 0 Å². The fraction of sp³-hybridized carbons (Fsp3) is 0.500. The van der Waals surface area contributed by atoms with Crippen molar-refractivity contribution < 1.29 is 9.53 Å². The van der Waals surface area contributed by atoms with E-state index in [4.69, 9.17) is 4.74 Å². The topological polar surface area (TPSA) is 90.7 Å². The zero-order chi connectivity index (χ0) is 17.1. The number of hydrogen-bond acceptors (Lipinski definition) is 6. The standard InChI is InChI=1S/C16H20N6O2S/c23-15-18-12-2-1-11(9-13(12)19-15)14-10-25-16(21-20-14)17-3-4-22-5-7-24-8-6-22/h1-2,9,11H,3-8,10H2,(H,17,21)(H,19,23). The SMILES string of the molecule is O=C1N=C2C=CC(C3=NNC(=NCCN4CCOCC4)SC3)C=C2N1. The number of carbonyl (C=O) groups is 1. The van der Waals surface area contributed by atoms with Crippen LogP contribution >= 0.6 is 11.8 Å². The summed E-state index contributed by atoms with van der Waals surface area (Å²) in [6.07, 6.45) is 5.88. The van der Waals surface area contributed by atoms with E-state index in [-0.39, 0.29) is 11.9 Å². The summed E-state index contributed by atoms with van der Waals surface area (Å²) in [5.74, 6) is 0.852. The highest BCUT2D eigenvalue weighted by Gasteiger charge is 2.25. The summed E-state index contributed by atoms with van der Waals surface area (Å²) in [5.41, 5.74) is 5.54. The van der Waals surface area contributed by atoms with Gasteiger partial charge in [0.15, 0.2) is 5.17 Å². The molecule has 1 atom stereocenters. The van der Waals surface area contributed by atoms with Gasteiger partial charge in [0, 0.05) is 31.3 Å². The molecule has 3 heterocycles. The summed E-state index contributed by atoms with van der Waals surface area (Å²) >= 11 is 1.66. The number of carbonyl (C=O) groups excluding carboxylic acids is 1. The predicted molar refractivity (Wildman–Crippen MR) is 99.3 cm³/mol. The number of aliphatic imine (C=N–C) groups is 2. The lowest BCUT2D eigenvalue weighted by molar-refractivity contribution is 0.0394. The number of amides is 2. The van der Waals surface area contributed by atoms with Crippen LogP contribution in [0.2, 0.25) is 0 Å². The van der Waals surface area contributed by atoms with E-state index >= 15 is 0 Å². The van der Waals surface area contributed by atoms with E-state index < -0.39 is 0 Å². The van der Waals surface area contributed by atoms with Gasteiger partial charge in [-0.05, 0) is 12.2 Å². The van der Waals surface area contributed by atoms with Crippen LogP contribution in [0.1, 0.15) is 0 Å². The van der Waals surface area contributed by atoms with Crippen LogP contribution in [0.3, 0.4) is 0 Å². The summed E-state index contributed by atoms with van der Waals surface area (Å²) in [6, 6.07) is -0.306. The molecule has 9 heteroatoms. The highest BCUT2D eigenvalue weighted by atomic mass is 32.2. The van der Waals surface area contributed by atoms with Gasteiger partial charge in [0.25, 0.3) is 0 Å². The first-order valence-corrected chi connectivity index (χ1v) is 9.36. The van der Waals surface area contributed by atoms with Crippen molar-refractivity contribution in [3.63, 3.8) is 0 Å². The lowest BCUT2D eigenvalue weighted by Gasteiger charge is -2.26. The molecule has 0 radical (unpaired) electrons. The Bertz CT molecular complexity index is 705. The van der Waals surface area contributed by atoms with Crippen molar-refractivity contribution in [2.75, 3.05) is 45.1 Å². The van der Waals surface area contributed by atoms with Crippen LogP contribution in [0.25, 0.3) is 0 Å². The Morgan fingerprint density at radius 3 is 3.08 bits per heavy atom.